The summed E-state index contributed by atoms with van der Waals surface area (Å²) >= 11 is 3.59. The third-order valence-corrected chi connectivity index (χ3v) is 2.94. The minimum atomic E-state index is -4.31. The van der Waals surface area contributed by atoms with E-state index in [9.17, 15) is 22.4 Å². The zero-order valence-corrected chi connectivity index (χ0v) is 10.6. The minimum absolute atomic E-state index is 0.00677. The third-order valence-electron chi connectivity index (χ3n) is 1.86. The lowest BCUT2D eigenvalue weighted by Gasteiger charge is -2.07. The number of amides is 1. The van der Waals surface area contributed by atoms with E-state index in [1.165, 1.54) is 12.1 Å². The van der Waals surface area contributed by atoms with Gasteiger partial charge in [-0.05, 0) is 30.0 Å². The van der Waals surface area contributed by atoms with Crippen molar-refractivity contribution >= 4 is 30.3 Å². The Bertz CT molecular complexity index is 436. The van der Waals surface area contributed by atoms with Crippen LogP contribution < -0.4 is 5.32 Å². The zero-order chi connectivity index (χ0) is 13.8. The van der Waals surface area contributed by atoms with Crippen LogP contribution >= 0.6 is 24.4 Å². The molecule has 8 heteroatoms. The van der Waals surface area contributed by atoms with Crippen LogP contribution in [-0.4, -0.2) is 23.7 Å². The summed E-state index contributed by atoms with van der Waals surface area (Å²) in [4.78, 5) is 11.5. The number of benzene rings is 1. The fourth-order valence-electron chi connectivity index (χ4n) is 1.09. The Morgan fingerprint density at radius 2 is 2.06 bits per heavy atom. The van der Waals surface area contributed by atoms with Crippen LogP contribution in [0.25, 0.3) is 0 Å². The molecule has 0 aromatic heterocycles. The van der Waals surface area contributed by atoms with Crippen LogP contribution in [0.1, 0.15) is 10.4 Å². The zero-order valence-electron chi connectivity index (χ0n) is 8.92. The molecule has 0 fully saturated rings. The van der Waals surface area contributed by atoms with E-state index in [1.807, 2.05) is 0 Å². The molecule has 100 valence electrons. The maximum absolute atomic E-state index is 12.9. The number of thioether (sulfide) groups is 1. The fourth-order valence-corrected chi connectivity index (χ4v) is 1.74. The largest absolute Gasteiger partial charge is 0.441 e. The molecule has 1 rings (SSSR count). The van der Waals surface area contributed by atoms with Crippen molar-refractivity contribution in [2.24, 2.45) is 0 Å². The summed E-state index contributed by atoms with van der Waals surface area (Å²) < 4.78 is 48.3. The van der Waals surface area contributed by atoms with Crippen LogP contribution in [0.15, 0.2) is 23.1 Å². The van der Waals surface area contributed by atoms with Crippen molar-refractivity contribution in [3.63, 3.8) is 0 Å². The van der Waals surface area contributed by atoms with Crippen molar-refractivity contribution < 1.29 is 22.4 Å². The molecule has 0 aliphatic carbocycles. The second-order valence-electron chi connectivity index (χ2n) is 3.22. The summed E-state index contributed by atoms with van der Waals surface area (Å²) in [6, 6.07) is 3.52. The molecule has 0 saturated heterocycles. The highest BCUT2D eigenvalue weighted by molar-refractivity contribution is 8.00. The van der Waals surface area contributed by atoms with Gasteiger partial charge in [-0.2, -0.15) is 13.2 Å². The maximum Gasteiger partial charge on any atom is 0.441 e. The van der Waals surface area contributed by atoms with Gasteiger partial charge in [0.05, 0.1) is 0 Å². The van der Waals surface area contributed by atoms with E-state index in [-0.39, 0.29) is 34.5 Å². The Balaban J connectivity index is 2.43. The first-order valence-electron chi connectivity index (χ1n) is 4.77. The van der Waals surface area contributed by atoms with E-state index < -0.39 is 17.2 Å². The van der Waals surface area contributed by atoms with Crippen molar-refractivity contribution in [2.75, 3.05) is 12.3 Å². The third kappa shape index (κ3) is 5.18. The van der Waals surface area contributed by atoms with Crippen LogP contribution in [0.3, 0.4) is 0 Å². The van der Waals surface area contributed by atoms with Crippen molar-refractivity contribution in [2.45, 2.75) is 10.4 Å². The van der Waals surface area contributed by atoms with Crippen LogP contribution in [0.5, 0.6) is 0 Å². The predicted molar refractivity (Wildman–Crippen MR) is 64.5 cm³/mol. The summed E-state index contributed by atoms with van der Waals surface area (Å²) in [5.74, 6) is -1.40. The Hall–Kier alpha value is -0.890. The lowest BCUT2D eigenvalue weighted by Crippen LogP contribution is -2.26. The summed E-state index contributed by atoms with van der Waals surface area (Å²) in [6.07, 6.45) is 0. The van der Waals surface area contributed by atoms with Gasteiger partial charge in [-0.25, -0.2) is 4.39 Å². The minimum Gasteiger partial charge on any atom is -0.351 e. The number of thiol groups is 1. The number of nitrogens with one attached hydrogen (secondary N) is 1. The van der Waals surface area contributed by atoms with Crippen LogP contribution in [0.4, 0.5) is 17.6 Å². The molecule has 1 aromatic rings. The number of hydrogen-bond acceptors (Lipinski definition) is 3. The van der Waals surface area contributed by atoms with Crippen LogP contribution in [0, 0.1) is 5.82 Å². The van der Waals surface area contributed by atoms with Gasteiger partial charge in [0.1, 0.15) is 5.82 Å². The van der Waals surface area contributed by atoms with Crippen molar-refractivity contribution in [1.29, 1.82) is 0 Å². The summed E-state index contributed by atoms with van der Waals surface area (Å²) in [5, 5.41) is 2.30. The molecule has 0 saturated carbocycles. The van der Waals surface area contributed by atoms with Gasteiger partial charge in [0.15, 0.2) is 0 Å². The number of halogens is 4. The topological polar surface area (TPSA) is 29.1 Å². The lowest BCUT2D eigenvalue weighted by atomic mass is 10.2. The van der Waals surface area contributed by atoms with Crippen molar-refractivity contribution in [3.05, 3.63) is 29.6 Å². The van der Waals surface area contributed by atoms with Gasteiger partial charge in [0.2, 0.25) is 0 Å². The van der Waals surface area contributed by atoms with Crippen LogP contribution in [0.2, 0.25) is 0 Å². The smallest absolute Gasteiger partial charge is 0.351 e. The van der Waals surface area contributed by atoms with E-state index in [0.29, 0.717) is 0 Å². The molecule has 0 radical (unpaired) electrons. The van der Waals surface area contributed by atoms with E-state index in [4.69, 9.17) is 0 Å². The molecule has 0 bridgehead atoms. The molecule has 18 heavy (non-hydrogen) atoms. The molecule has 0 unspecified atom stereocenters. The average molecular weight is 299 g/mol. The standard InChI is InChI=1S/C10H9F4NOS2/c11-7-2-1-6(5-8(7)17)9(16)15-3-4-18-10(12,13)14/h1-2,5,17H,3-4H2,(H,15,16). The molecule has 1 amide bonds. The Labute approximate surface area is 111 Å². The second kappa shape index (κ2) is 6.33. The van der Waals surface area contributed by atoms with E-state index in [1.54, 1.807) is 0 Å². The first-order valence-corrected chi connectivity index (χ1v) is 6.20. The van der Waals surface area contributed by atoms with E-state index >= 15 is 0 Å². The molecule has 0 spiro atoms. The molecule has 1 aromatic carbocycles. The lowest BCUT2D eigenvalue weighted by molar-refractivity contribution is -0.0327. The first kappa shape index (κ1) is 15.2. The molecule has 0 heterocycles. The quantitative estimate of drug-likeness (QED) is 0.508. The van der Waals surface area contributed by atoms with Gasteiger partial charge >= 0.3 is 5.51 Å². The fraction of sp³-hybridized carbons (Fsp3) is 0.300. The predicted octanol–water partition coefficient (Wildman–Crippen LogP) is 3.10. The molecule has 1 N–H and O–H groups in total. The van der Waals surface area contributed by atoms with Gasteiger partial charge < -0.3 is 5.32 Å². The highest BCUT2D eigenvalue weighted by Gasteiger charge is 2.27. The van der Waals surface area contributed by atoms with Crippen molar-refractivity contribution in [1.82, 2.24) is 5.32 Å². The summed E-state index contributed by atoms with van der Waals surface area (Å²) in [7, 11) is 0. The Morgan fingerprint density at radius 1 is 1.39 bits per heavy atom. The van der Waals surface area contributed by atoms with Gasteiger partial charge in [-0.1, -0.05) is 0 Å². The molecule has 0 aliphatic rings. The number of carbonyl (C=O) groups is 1. The number of hydrogen-bond donors (Lipinski definition) is 2. The maximum atomic E-state index is 12.9. The average Bonchev–Trinajstić information content (AvgIpc) is 2.26. The summed E-state index contributed by atoms with van der Waals surface area (Å²) in [5.41, 5.74) is -4.16. The number of alkyl halides is 3. The van der Waals surface area contributed by atoms with Gasteiger partial charge in [0, 0.05) is 22.8 Å². The molecule has 2 nitrogen and oxygen atoms in total. The SMILES string of the molecule is O=C(NCCSC(F)(F)F)c1ccc(F)c(S)c1. The Kier molecular flexibility index (Phi) is 5.33. The van der Waals surface area contributed by atoms with Crippen molar-refractivity contribution in [3.8, 4) is 0 Å². The van der Waals surface area contributed by atoms with Gasteiger partial charge in [0.25, 0.3) is 5.91 Å². The van der Waals surface area contributed by atoms with Gasteiger partial charge in [-0.15, -0.1) is 12.6 Å². The van der Waals surface area contributed by atoms with Crippen LogP contribution in [-0.2, 0) is 0 Å². The normalized spacial score (nSPS) is 11.4. The monoisotopic (exact) mass is 299 g/mol. The number of carbonyl (C=O) groups excluding carboxylic acids is 1. The van der Waals surface area contributed by atoms with E-state index in [0.717, 1.165) is 6.07 Å². The molecular formula is C10H9F4NOS2. The molecule has 0 atom stereocenters. The van der Waals surface area contributed by atoms with Gasteiger partial charge in [-0.3, -0.25) is 4.79 Å². The molecular weight excluding hydrogens is 290 g/mol. The highest BCUT2D eigenvalue weighted by atomic mass is 32.2. The van der Waals surface area contributed by atoms with E-state index in [2.05, 4.69) is 17.9 Å². The molecule has 0 aliphatic heterocycles. The number of rotatable bonds is 4. The first-order chi connectivity index (χ1) is 8.29. The Morgan fingerprint density at radius 3 is 2.61 bits per heavy atom. The second-order valence-corrected chi connectivity index (χ2v) is 4.86. The summed E-state index contributed by atoms with van der Waals surface area (Å²) in [6.45, 7) is -0.123. The highest BCUT2D eigenvalue weighted by Crippen LogP contribution is 2.29.